The van der Waals surface area contributed by atoms with Crippen molar-refractivity contribution in [3.05, 3.63) is 69.6 Å². The Morgan fingerprint density at radius 2 is 1.95 bits per heavy atom. The van der Waals surface area contributed by atoms with E-state index in [2.05, 4.69) is 34.6 Å². The van der Waals surface area contributed by atoms with Crippen LogP contribution in [0, 0.1) is 0 Å². The first kappa shape index (κ1) is 15.8. The summed E-state index contributed by atoms with van der Waals surface area (Å²) in [6.07, 6.45) is 4.31. The van der Waals surface area contributed by atoms with Gasteiger partial charge in [0.2, 0.25) is 5.56 Å². The zero-order valence-electron chi connectivity index (χ0n) is 12.0. The van der Waals surface area contributed by atoms with Crippen molar-refractivity contribution in [2.24, 2.45) is 0 Å². The average Bonchev–Trinajstić information content (AvgIpc) is 2.48. The summed E-state index contributed by atoms with van der Waals surface area (Å²) in [5.74, 6) is 0. The number of H-pyrrole nitrogens is 1. The highest BCUT2D eigenvalue weighted by Gasteiger charge is 2.19. The second-order valence-electron chi connectivity index (χ2n) is 5.39. The van der Waals surface area contributed by atoms with E-state index in [1.807, 2.05) is 12.1 Å². The maximum Gasteiger partial charge on any atom is 0.248 e. The molecule has 1 aromatic carbocycles. The van der Waals surface area contributed by atoms with Crippen LogP contribution in [0.2, 0.25) is 0 Å². The lowest BCUT2D eigenvalue weighted by Crippen LogP contribution is -2.28. The lowest BCUT2D eigenvalue weighted by Gasteiger charge is -2.26. The molecular weight excluding hydrogens is 284 g/mol. The number of hydrogen-bond acceptors (Lipinski definition) is 2. The molecule has 0 radical (unpaired) electrons. The van der Waals surface area contributed by atoms with Crippen LogP contribution >= 0.6 is 12.4 Å². The summed E-state index contributed by atoms with van der Waals surface area (Å²) in [5, 5.41) is 3.62. The Balaban J connectivity index is 0.00000161. The molecule has 2 aromatic rings. The minimum Gasteiger partial charge on any atom is -0.326 e. The van der Waals surface area contributed by atoms with Crippen molar-refractivity contribution in [3.8, 4) is 0 Å². The van der Waals surface area contributed by atoms with Crippen LogP contribution in [0.1, 0.15) is 35.7 Å². The molecule has 0 aliphatic heterocycles. The summed E-state index contributed by atoms with van der Waals surface area (Å²) in [6, 6.07) is 14.5. The molecule has 0 saturated heterocycles. The van der Waals surface area contributed by atoms with E-state index in [1.165, 1.54) is 11.1 Å². The second kappa shape index (κ2) is 7.43. The number of aromatic nitrogens is 1. The number of rotatable bonds is 4. The molecule has 1 aliphatic carbocycles. The average molecular weight is 305 g/mol. The van der Waals surface area contributed by atoms with Crippen LogP contribution in [-0.4, -0.2) is 11.5 Å². The van der Waals surface area contributed by atoms with Crippen molar-refractivity contribution in [2.75, 3.05) is 6.54 Å². The van der Waals surface area contributed by atoms with Crippen molar-refractivity contribution < 1.29 is 0 Å². The smallest absolute Gasteiger partial charge is 0.248 e. The third-order valence-electron chi connectivity index (χ3n) is 3.98. The van der Waals surface area contributed by atoms with Crippen LogP contribution in [0.4, 0.5) is 0 Å². The van der Waals surface area contributed by atoms with Crippen molar-refractivity contribution >= 4 is 12.4 Å². The van der Waals surface area contributed by atoms with Crippen molar-refractivity contribution in [1.29, 1.82) is 0 Å². The van der Waals surface area contributed by atoms with Crippen molar-refractivity contribution in [3.63, 3.8) is 0 Å². The monoisotopic (exact) mass is 304 g/mol. The van der Waals surface area contributed by atoms with E-state index in [0.717, 1.165) is 37.9 Å². The van der Waals surface area contributed by atoms with E-state index >= 15 is 0 Å². The van der Waals surface area contributed by atoms with Gasteiger partial charge < -0.3 is 10.3 Å². The fraction of sp³-hybridized carbons (Fsp3) is 0.353. The van der Waals surface area contributed by atoms with E-state index in [4.69, 9.17) is 0 Å². The molecule has 3 rings (SSSR count). The summed E-state index contributed by atoms with van der Waals surface area (Å²) in [4.78, 5) is 14.3. The summed E-state index contributed by atoms with van der Waals surface area (Å²) in [5.41, 5.74) is 3.75. The molecular formula is C17H21ClN2O. The molecule has 4 heteroatoms. The fourth-order valence-electron chi connectivity index (χ4n) is 2.95. The third-order valence-corrected chi connectivity index (χ3v) is 3.98. The maximum absolute atomic E-state index is 11.4. The molecule has 1 heterocycles. The molecule has 0 saturated carbocycles. The van der Waals surface area contributed by atoms with Gasteiger partial charge in [-0.3, -0.25) is 4.79 Å². The summed E-state index contributed by atoms with van der Waals surface area (Å²) < 4.78 is 0. The van der Waals surface area contributed by atoms with Gasteiger partial charge in [0.25, 0.3) is 0 Å². The lowest BCUT2D eigenvalue weighted by molar-refractivity contribution is 0.457. The van der Waals surface area contributed by atoms with Crippen molar-refractivity contribution in [2.45, 2.75) is 31.7 Å². The summed E-state index contributed by atoms with van der Waals surface area (Å²) >= 11 is 0. The number of halogens is 1. The summed E-state index contributed by atoms with van der Waals surface area (Å²) in [7, 11) is 0. The van der Waals surface area contributed by atoms with Crippen LogP contribution in [-0.2, 0) is 12.8 Å². The van der Waals surface area contributed by atoms with Gasteiger partial charge in [-0.25, -0.2) is 0 Å². The lowest BCUT2D eigenvalue weighted by atomic mass is 9.91. The molecule has 0 bridgehead atoms. The third kappa shape index (κ3) is 3.96. The minimum atomic E-state index is 0. The fourth-order valence-corrected chi connectivity index (χ4v) is 2.95. The number of nitrogens with one attached hydrogen (secondary N) is 2. The van der Waals surface area contributed by atoms with Gasteiger partial charge in [-0.2, -0.15) is 0 Å². The molecule has 1 aliphatic rings. The van der Waals surface area contributed by atoms with Crippen LogP contribution in [0.5, 0.6) is 0 Å². The van der Waals surface area contributed by atoms with E-state index in [0.29, 0.717) is 6.04 Å². The molecule has 0 fully saturated rings. The molecule has 21 heavy (non-hydrogen) atoms. The highest BCUT2D eigenvalue weighted by atomic mass is 35.5. The van der Waals surface area contributed by atoms with E-state index in [1.54, 1.807) is 6.07 Å². The standard InChI is InChI=1S/C17H20N2O.ClH/c20-17-10-9-14-15(7-4-8-16(14)19-17)18-12-11-13-5-2-1-3-6-13;/h1-3,5-6,9-10,15,18H,4,7-8,11-12H2,(H,19,20);1H. The summed E-state index contributed by atoms with van der Waals surface area (Å²) in [6.45, 7) is 0.966. The Morgan fingerprint density at radius 3 is 2.76 bits per heavy atom. The number of hydrogen-bond donors (Lipinski definition) is 2. The predicted octanol–water partition coefficient (Wildman–Crippen LogP) is 3.01. The van der Waals surface area contributed by atoms with E-state index in [9.17, 15) is 4.79 Å². The van der Waals surface area contributed by atoms with Crippen molar-refractivity contribution in [1.82, 2.24) is 10.3 Å². The second-order valence-corrected chi connectivity index (χ2v) is 5.39. The predicted molar refractivity (Wildman–Crippen MR) is 88.1 cm³/mol. The zero-order chi connectivity index (χ0) is 13.8. The number of aryl methyl sites for hydroxylation is 1. The zero-order valence-corrected chi connectivity index (χ0v) is 12.8. The van der Waals surface area contributed by atoms with Gasteiger partial charge in [0.1, 0.15) is 0 Å². The number of benzene rings is 1. The Hall–Kier alpha value is -1.58. The Morgan fingerprint density at radius 1 is 1.14 bits per heavy atom. The Kier molecular flexibility index (Phi) is 5.59. The Bertz CT molecular complexity index is 624. The van der Waals surface area contributed by atoms with Gasteiger partial charge in [0.15, 0.2) is 0 Å². The van der Waals surface area contributed by atoms with Crippen LogP contribution in [0.15, 0.2) is 47.3 Å². The molecule has 1 atom stereocenters. The Labute approximate surface area is 131 Å². The van der Waals surface area contributed by atoms with Crippen LogP contribution in [0.25, 0.3) is 0 Å². The highest BCUT2D eigenvalue weighted by molar-refractivity contribution is 5.85. The first-order chi connectivity index (χ1) is 9.83. The SMILES string of the molecule is Cl.O=c1ccc2c([nH]1)CCCC2NCCc1ccccc1. The quantitative estimate of drug-likeness (QED) is 0.912. The number of aromatic amines is 1. The van der Waals surface area contributed by atoms with Gasteiger partial charge in [0.05, 0.1) is 0 Å². The first-order valence-corrected chi connectivity index (χ1v) is 7.32. The van der Waals surface area contributed by atoms with Gasteiger partial charge in [-0.1, -0.05) is 36.4 Å². The topological polar surface area (TPSA) is 44.9 Å². The minimum absolute atomic E-state index is 0. The molecule has 1 unspecified atom stereocenters. The van der Waals surface area contributed by atoms with Crippen LogP contribution < -0.4 is 10.9 Å². The maximum atomic E-state index is 11.4. The van der Waals surface area contributed by atoms with Crippen LogP contribution in [0.3, 0.4) is 0 Å². The molecule has 0 spiro atoms. The van der Waals surface area contributed by atoms with Gasteiger partial charge >= 0.3 is 0 Å². The van der Waals surface area contributed by atoms with E-state index in [-0.39, 0.29) is 18.0 Å². The normalized spacial score (nSPS) is 16.9. The molecule has 112 valence electrons. The van der Waals surface area contributed by atoms with E-state index < -0.39 is 0 Å². The first-order valence-electron chi connectivity index (χ1n) is 7.32. The highest BCUT2D eigenvalue weighted by Crippen LogP contribution is 2.27. The number of pyridine rings is 1. The van der Waals surface area contributed by atoms with Gasteiger partial charge in [-0.15, -0.1) is 12.4 Å². The molecule has 0 amide bonds. The van der Waals surface area contributed by atoms with Gasteiger partial charge in [-0.05, 0) is 43.4 Å². The largest absolute Gasteiger partial charge is 0.326 e. The molecule has 3 nitrogen and oxygen atoms in total. The molecule has 2 N–H and O–H groups in total. The van der Waals surface area contributed by atoms with Gasteiger partial charge in [0, 0.05) is 17.8 Å². The number of fused-ring (bicyclic) bond motifs is 1. The molecule has 1 aromatic heterocycles.